The first-order chi connectivity index (χ1) is 13.6. The molecule has 28 heavy (non-hydrogen) atoms. The SMILES string of the molecule is O=C(C1CCC1)N1CCN2C(=O)OC3(CCN(c4ccc(F)cn4)CC3)C2C1. The second-order valence-electron chi connectivity index (χ2n) is 8.38. The summed E-state index contributed by atoms with van der Waals surface area (Å²) in [4.78, 5) is 35.2. The minimum absolute atomic E-state index is 0.0823. The number of carbonyl (C=O) groups excluding carboxylic acids is 2. The number of hydrogen-bond donors (Lipinski definition) is 0. The first kappa shape index (κ1) is 17.7. The summed E-state index contributed by atoms with van der Waals surface area (Å²) in [5, 5.41) is 0. The number of pyridine rings is 1. The third kappa shape index (κ3) is 2.81. The molecule has 1 saturated carbocycles. The van der Waals surface area contributed by atoms with Crippen LogP contribution in [0.4, 0.5) is 15.0 Å². The number of nitrogens with zero attached hydrogens (tertiary/aromatic N) is 4. The summed E-state index contributed by atoms with van der Waals surface area (Å²) in [5.41, 5.74) is -0.549. The molecule has 0 N–H and O–H groups in total. The molecule has 150 valence electrons. The van der Waals surface area contributed by atoms with Crippen LogP contribution in [0.3, 0.4) is 0 Å². The van der Waals surface area contributed by atoms with Gasteiger partial charge in [0, 0.05) is 51.5 Å². The molecule has 5 rings (SSSR count). The quantitative estimate of drug-likeness (QED) is 0.776. The monoisotopic (exact) mass is 388 g/mol. The molecule has 0 aromatic carbocycles. The highest BCUT2D eigenvalue weighted by Gasteiger charge is 2.57. The Morgan fingerprint density at radius 1 is 1.18 bits per heavy atom. The summed E-state index contributed by atoms with van der Waals surface area (Å²) in [6.07, 6.45) is 5.46. The van der Waals surface area contributed by atoms with E-state index in [2.05, 4.69) is 9.88 Å². The Morgan fingerprint density at radius 3 is 2.61 bits per heavy atom. The van der Waals surface area contributed by atoms with Crippen molar-refractivity contribution in [1.82, 2.24) is 14.8 Å². The van der Waals surface area contributed by atoms with Crippen LogP contribution in [0, 0.1) is 11.7 Å². The molecule has 0 bridgehead atoms. The first-order valence-corrected chi connectivity index (χ1v) is 10.2. The Balaban J connectivity index is 1.30. The maximum Gasteiger partial charge on any atom is 0.410 e. The maximum atomic E-state index is 13.1. The van der Waals surface area contributed by atoms with Gasteiger partial charge in [0.25, 0.3) is 0 Å². The van der Waals surface area contributed by atoms with Gasteiger partial charge in [-0.2, -0.15) is 0 Å². The van der Waals surface area contributed by atoms with Crippen molar-refractivity contribution in [3.05, 3.63) is 24.1 Å². The van der Waals surface area contributed by atoms with Crippen molar-refractivity contribution < 1.29 is 18.7 Å². The fourth-order valence-electron chi connectivity index (χ4n) is 4.97. The van der Waals surface area contributed by atoms with Gasteiger partial charge < -0.3 is 14.5 Å². The van der Waals surface area contributed by atoms with E-state index in [1.807, 2.05) is 9.80 Å². The van der Waals surface area contributed by atoms with Crippen molar-refractivity contribution in [2.75, 3.05) is 37.6 Å². The molecule has 1 atom stereocenters. The smallest absolute Gasteiger partial charge is 0.410 e. The van der Waals surface area contributed by atoms with E-state index in [0.717, 1.165) is 25.1 Å². The maximum absolute atomic E-state index is 13.1. The number of amides is 2. The molecule has 3 aliphatic heterocycles. The fourth-order valence-corrected chi connectivity index (χ4v) is 4.97. The highest BCUT2D eigenvalue weighted by molar-refractivity contribution is 5.80. The lowest BCUT2D eigenvalue weighted by Gasteiger charge is -2.46. The number of piperidine rings is 1. The molecular weight excluding hydrogens is 363 g/mol. The van der Waals surface area contributed by atoms with Crippen molar-refractivity contribution >= 4 is 17.8 Å². The molecule has 8 heteroatoms. The van der Waals surface area contributed by atoms with Crippen LogP contribution in [0.1, 0.15) is 32.1 Å². The zero-order chi connectivity index (χ0) is 19.3. The van der Waals surface area contributed by atoms with Gasteiger partial charge in [0.2, 0.25) is 5.91 Å². The highest BCUT2D eigenvalue weighted by Crippen LogP contribution is 2.41. The van der Waals surface area contributed by atoms with Crippen LogP contribution in [-0.2, 0) is 9.53 Å². The van der Waals surface area contributed by atoms with Crippen LogP contribution >= 0.6 is 0 Å². The van der Waals surface area contributed by atoms with E-state index in [9.17, 15) is 14.0 Å². The average Bonchev–Trinajstić information content (AvgIpc) is 2.93. The molecule has 4 aliphatic rings. The molecule has 2 amide bonds. The van der Waals surface area contributed by atoms with E-state index in [1.54, 1.807) is 6.07 Å². The third-order valence-electron chi connectivity index (χ3n) is 6.92. The Labute approximate surface area is 163 Å². The van der Waals surface area contributed by atoms with Gasteiger partial charge in [0.05, 0.1) is 12.2 Å². The van der Waals surface area contributed by atoms with Crippen LogP contribution in [-0.4, -0.2) is 71.2 Å². The number of carbonyl (C=O) groups is 2. The molecule has 1 aromatic rings. The Kier molecular flexibility index (Phi) is 4.17. The van der Waals surface area contributed by atoms with E-state index < -0.39 is 5.60 Å². The molecule has 0 radical (unpaired) electrons. The first-order valence-electron chi connectivity index (χ1n) is 10.2. The molecule has 4 heterocycles. The number of ether oxygens (including phenoxy) is 1. The normalized spacial score (nSPS) is 26.8. The van der Waals surface area contributed by atoms with Crippen LogP contribution < -0.4 is 4.90 Å². The summed E-state index contributed by atoms with van der Waals surface area (Å²) in [6.45, 7) is 3.09. The summed E-state index contributed by atoms with van der Waals surface area (Å²) in [5.74, 6) is 0.805. The van der Waals surface area contributed by atoms with Crippen LogP contribution in [0.2, 0.25) is 0 Å². The number of hydrogen-bond acceptors (Lipinski definition) is 5. The Hall–Kier alpha value is -2.38. The molecular formula is C20H25FN4O3. The lowest BCUT2D eigenvalue weighted by atomic mass is 9.81. The van der Waals surface area contributed by atoms with Gasteiger partial charge in [0.1, 0.15) is 17.2 Å². The molecule has 4 fully saturated rings. The summed E-state index contributed by atoms with van der Waals surface area (Å²) in [6, 6.07) is 3.01. The van der Waals surface area contributed by atoms with Crippen molar-refractivity contribution in [3.8, 4) is 0 Å². The second-order valence-corrected chi connectivity index (χ2v) is 8.38. The number of fused-ring (bicyclic) bond motifs is 2. The summed E-state index contributed by atoms with van der Waals surface area (Å²) in [7, 11) is 0. The number of anilines is 1. The summed E-state index contributed by atoms with van der Waals surface area (Å²) >= 11 is 0. The van der Waals surface area contributed by atoms with Gasteiger partial charge in [-0.3, -0.25) is 9.69 Å². The lowest BCUT2D eigenvalue weighted by molar-refractivity contribution is -0.141. The third-order valence-corrected chi connectivity index (χ3v) is 6.92. The van der Waals surface area contributed by atoms with Gasteiger partial charge in [-0.25, -0.2) is 14.2 Å². The average molecular weight is 388 g/mol. The van der Waals surface area contributed by atoms with Crippen molar-refractivity contribution in [1.29, 1.82) is 0 Å². The van der Waals surface area contributed by atoms with Gasteiger partial charge in [0.15, 0.2) is 0 Å². The highest BCUT2D eigenvalue weighted by atomic mass is 19.1. The van der Waals surface area contributed by atoms with Crippen LogP contribution in [0.15, 0.2) is 18.3 Å². The van der Waals surface area contributed by atoms with Crippen molar-refractivity contribution in [3.63, 3.8) is 0 Å². The van der Waals surface area contributed by atoms with Crippen LogP contribution in [0.25, 0.3) is 0 Å². The summed E-state index contributed by atoms with van der Waals surface area (Å²) < 4.78 is 19.0. The molecule has 3 saturated heterocycles. The number of rotatable bonds is 2. The Morgan fingerprint density at radius 2 is 1.96 bits per heavy atom. The predicted molar refractivity (Wildman–Crippen MR) is 99.3 cm³/mol. The van der Waals surface area contributed by atoms with Gasteiger partial charge >= 0.3 is 6.09 Å². The van der Waals surface area contributed by atoms with E-state index in [0.29, 0.717) is 45.6 Å². The minimum atomic E-state index is -0.549. The number of aromatic nitrogens is 1. The number of piperazine rings is 1. The van der Waals surface area contributed by atoms with E-state index in [-0.39, 0.29) is 29.8 Å². The minimum Gasteiger partial charge on any atom is -0.440 e. The van der Waals surface area contributed by atoms with Crippen LogP contribution in [0.5, 0.6) is 0 Å². The fraction of sp³-hybridized carbons (Fsp3) is 0.650. The van der Waals surface area contributed by atoms with Gasteiger partial charge in [-0.15, -0.1) is 0 Å². The molecule has 7 nitrogen and oxygen atoms in total. The molecule has 1 spiro atoms. The second kappa shape index (κ2) is 6.60. The lowest BCUT2D eigenvalue weighted by Crippen LogP contribution is -2.62. The Bertz CT molecular complexity index is 774. The topological polar surface area (TPSA) is 66.0 Å². The van der Waals surface area contributed by atoms with E-state index >= 15 is 0 Å². The molecule has 1 unspecified atom stereocenters. The largest absolute Gasteiger partial charge is 0.440 e. The van der Waals surface area contributed by atoms with Crippen molar-refractivity contribution in [2.45, 2.75) is 43.7 Å². The van der Waals surface area contributed by atoms with Crippen molar-refractivity contribution in [2.24, 2.45) is 5.92 Å². The van der Waals surface area contributed by atoms with E-state index in [4.69, 9.17) is 4.74 Å². The van der Waals surface area contributed by atoms with Gasteiger partial charge in [-0.1, -0.05) is 6.42 Å². The number of halogens is 1. The molecule has 1 aromatic heterocycles. The zero-order valence-electron chi connectivity index (χ0n) is 15.8. The van der Waals surface area contributed by atoms with Gasteiger partial charge in [-0.05, 0) is 25.0 Å². The molecule has 1 aliphatic carbocycles. The predicted octanol–water partition coefficient (Wildman–Crippen LogP) is 2.02. The standard InChI is InChI=1S/C20H25FN4O3/c21-15-4-5-17(22-12-15)23-8-6-20(7-9-23)16-13-24(18(26)14-2-1-3-14)10-11-25(16)19(27)28-20/h4-5,12,14,16H,1-3,6-11,13H2. The zero-order valence-corrected chi connectivity index (χ0v) is 15.8. The van der Waals surface area contributed by atoms with E-state index in [1.165, 1.54) is 12.3 Å².